The molecule has 0 radical (unpaired) electrons. The molecule has 1 aliphatic rings. The number of pyridine rings is 1. The molecule has 0 saturated heterocycles. The summed E-state index contributed by atoms with van der Waals surface area (Å²) >= 11 is 0. The molecule has 0 aromatic carbocycles. The van der Waals surface area contributed by atoms with Crippen LogP contribution >= 0.6 is 0 Å². The van der Waals surface area contributed by atoms with Crippen molar-refractivity contribution in [1.29, 1.82) is 0 Å². The van der Waals surface area contributed by atoms with E-state index in [1.54, 1.807) is 25.4 Å². The van der Waals surface area contributed by atoms with E-state index in [2.05, 4.69) is 4.98 Å². The second-order valence-electron chi connectivity index (χ2n) is 4.26. The molecule has 0 unspecified atom stereocenters. The van der Waals surface area contributed by atoms with Gasteiger partial charge in [0.05, 0.1) is 5.69 Å². The van der Waals surface area contributed by atoms with Crippen LogP contribution in [0.4, 0.5) is 0 Å². The van der Waals surface area contributed by atoms with E-state index >= 15 is 0 Å². The Morgan fingerprint density at radius 3 is 2.76 bits per heavy atom. The molecule has 0 amide bonds. The van der Waals surface area contributed by atoms with Crippen molar-refractivity contribution >= 4 is 10.0 Å². The lowest BCUT2D eigenvalue weighted by atomic mass is 9.94. The summed E-state index contributed by atoms with van der Waals surface area (Å²) in [6, 6.07) is 3.33. The summed E-state index contributed by atoms with van der Waals surface area (Å²) in [7, 11) is -1.82. The second kappa shape index (κ2) is 4.72. The van der Waals surface area contributed by atoms with Crippen molar-refractivity contribution in [2.45, 2.75) is 36.7 Å². The van der Waals surface area contributed by atoms with Crippen LogP contribution in [-0.4, -0.2) is 30.8 Å². The summed E-state index contributed by atoms with van der Waals surface area (Å²) in [6.45, 7) is 0.133. The minimum atomic E-state index is -3.45. The van der Waals surface area contributed by atoms with Gasteiger partial charge in [0.2, 0.25) is 10.0 Å². The van der Waals surface area contributed by atoms with E-state index in [1.165, 1.54) is 4.31 Å². The van der Waals surface area contributed by atoms with Crippen molar-refractivity contribution in [1.82, 2.24) is 9.29 Å². The topological polar surface area (TPSA) is 76.3 Å². The Morgan fingerprint density at radius 2 is 2.24 bits per heavy atom. The third-order valence-corrected chi connectivity index (χ3v) is 5.27. The maximum absolute atomic E-state index is 12.4. The van der Waals surface area contributed by atoms with E-state index in [0.29, 0.717) is 5.69 Å². The van der Waals surface area contributed by atoms with Crippen LogP contribution in [0.2, 0.25) is 0 Å². The Bertz CT molecular complexity index is 497. The van der Waals surface area contributed by atoms with Gasteiger partial charge in [-0.1, -0.05) is 6.42 Å². The van der Waals surface area contributed by atoms with Gasteiger partial charge in [-0.15, -0.1) is 0 Å². The molecule has 6 heteroatoms. The average Bonchev–Trinajstić information content (AvgIpc) is 2.26. The number of aromatic nitrogens is 1. The summed E-state index contributed by atoms with van der Waals surface area (Å²) in [4.78, 5) is 4.25. The second-order valence-corrected chi connectivity index (χ2v) is 6.22. The van der Waals surface area contributed by atoms with Gasteiger partial charge in [-0.25, -0.2) is 8.42 Å². The Hall–Kier alpha value is -0.980. The molecule has 2 N–H and O–H groups in total. The normalized spacial score (nSPS) is 17.1. The minimum Gasteiger partial charge on any atom is -0.325 e. The van der Waals surface area contributed by atoms with Gasteiger partial charge >= 0.3 is 0 Å². The van der Waals surface area contributed by atoms with Gasteiger partial charge in [0.1, 0.15) is 4.90 Å². The van der Waals surface area contributed by atoms with Crippen molar-refractivity contribution in [3.63, 3.8) is 0 Å². The zero-order valence-corrected chi connectivity index (χ0v) is 10.7. The molecule has 0 bridgehead atoms. The number of nitrogens with zero attached hydrogens (tertiary/aromatic N) is 2. The molecular weight excluding hydrogens is 238 g/mol. The molecule has 2 rings (SSSR count). The fourth-order valence-corrected chi connectivity index (χ4v) is 3.51. The third kappa shape index (κ3) is 2.20. The molecule has 0 atom stereocenters. The number of hydrogen-bond acceptors (Lipinski definition) is 4. The van der Waals surface area contributed by atoms with Crippen molar-refractivity contribution in [3.05, 3.63) is 24.0 Å². The first-order chi connectivity index (χ1) is 8.07. The zero-order chi connectivity index (χ0) is 12.5. The summed E-state index contributed by atoms with van der Waals surface area (Å²) in [5, 5.41) is 0. The number of rotatable bonds is 4. The summed E-state index contributed by atoms with van der Waals surface area (Å²) in [5.74, 6) is 0. The van der Waals surface area contributed by atoms with E-state index in [4.69, 9.17) is 5.73 Å². The van der Waals surface area contributed by atoms with E-state index in [0.717, 1.165) is 19.3 Å². The highest BCUT2D eigenvalue weighted by molar-refractivity contribution is 7.89. The van der Waals surface area contributed by atoms with Crippen LogP contribution in [-0.2, 0) is 16.6 Å². The van der Waals surface area contributed by atoms with Crippen LogP contribution in [0, 0.1) is 0 Å². The molecule has 1 saturated carbocycles. The van der Waals surface area contributed by atoms with E-state index in [9.17, 15) is 8.42 Å². The molecule has 1 aliphatic carbocycles. The predicted molar refractivity (Wildman–Crippen MR) is 64.7 cm³/mol. The van der Waals surface area contributed by atoms with Crippen LogP contribution in [0.3, 0.4) is 0 Å². The number of nitrogens with two attached hydrogens (primary N) is 1. The Labute approximate surface area is 102 Å². The third-order valence-electron chi connectivity index (χ3n) is 3.29. The SMILES string of the molecule is CN(C1CCC1)S(=O)(=O)c1cccnc1CN. The van der Waals surface area contributed by atoms with E-state index in [-0.39, 0.29) is 17.5 Å². The highest BCUT2D eigenvalue weighted by Crippen LogP contribution is 2.29. The fraction of sp³-hybridized carbons (Fsp3) is 0.545. The first-order valence-corrected chi connectivity index (χ1v) is 7.13. The van der Waals surface area contributed by atoms with Crippen LogP contribution in [0.25, 0.3) is 0 Å². The van der Waals surface area contributed by atoms with Gasteiger partial charge in [-0.3, -0.25) is 4.98 Å². The largest absolute Gasteiger partial charge is 0.325 e. The summed E-state index contributed by atoms with van der Waals surface area (Å²) in [5.41, 5.74) is 5.95. The van der Waals surface area contributed by atoms with Crippen molar-refractivity contribution in [2.24, 2.45) is 5.73 Å². The Balaban J connectivity index is 2.36. The monoisotopic (exact) mass is 255 g/mol. The maximum atomic E-state index is 12.4. The highest BCUT2D eigenvalue weighted by Gasteiger charge is 2.32. The quantitative estimate of drug-likeness (QED) is 0.859. The molecule has 17 heavy (non-hydrogen) atoms. The standard InChI is InChI=1S/C11H17N3O2S/c1-14(9-4-2-5-9)17(15,16)11-6-3-7-13-10(11)8-12/h3,6-7,9H,2,4-5,8,12H2,1H3. The van der Waals surface area contributed by atoms with Crippen LogP contribution < -0.4 is 5.73 Å². The molecule has 94 valence electrons. The van der Waals surface area contributed by atoms with Crippen molar-refractivity contribution < 1.29 is 8.42 Å². The molecule has 1 fully saturated rings. The maximum Gasteiger partial charge on any atom is 0.244 e. The molecule has 1 heterocycles. The summed E-state index contributed by atoms with van der Waals surface area (Å²) < 4.78 is 26.2. The van der Waals surface area contributed by atoms with Crippen LogP contribution in [0.15, 0.2) is 23.2 Å². The lowest BCUT2D eigenvalue weighted by Crippen LogP contribution is -2.41. The summed E-state index contributed by atoms with van der Waals surface area (Å²) in [6.07, 6.45) is 4.54. The number of sulfonamides is 1. The van der Waals surface area contributed by atoms with E-state index < -0.39 is 10.0 Å². The minimum absolute atomic E-state index is 0.130. The lowest BCUT2D eigenvalue weighted by molar-refractivity contribution is 0.249. The fourth-order valence-electron chi connectivity index (χ4n) is 1.91. The average molecular weight is 255 g/mol. The van der Waals surface area contributed by atoms with Gasteiger partial charge in [0, 0.05) is 25.8 Å². The lowest BCUT2D eigenvalue weighted by Gasteiger charge is -2.34. The van der Waals surface area contributed by atoms with Gasteiger partial charge in [0.25, 0.3) is 0 Å². The first kappa shape index (κ1) is 12.5. The smallest absolute Gasteiger partial charge is 0.244 e. The molecule has 0 aliphatic heterocycles. The van der Waals surface area contributed by atoms with Crippen LogP contribution in [0.1, 0.15) is 25.0 Å². The Kier molecular flexibility index (Phi) is 3.46. The molecule has 1 aromatic heterocycles. The van der Waals surface area contributed by atoms with Gasteiger partial charge < -0.3 is 5.73 Å². The van der Waals surface area contributed by atoms with Gasteiger partial charge in [-0.05, 0) is 25.0 Å². The molecular formula is C11H17N3O2S. The van der Waals surface area contributed by atoms with Gasteiger partial charge in [0.15, 0.2) is 0 Å². The molecule has 0 spiro atoms. The highest BCUT2D eigenvalue weighted by atomic mass is 32.2. The number of hydrogen-bond donors (Lipinski definition) is 1. The van der Waals surface area contributed by atoms with Crippen molar-refractivity contribution in [3.8, 4) is 0 Å². The van der Waals surface area contributed by atoms with Crippen molar-refractivity contribution in [2.75, 3.05) is 7.05 Å². The van der Waals surface area contributed by atoms with Gasteiger partial charge in [-0.2, -0.15) is 4.31 Å². The zero-order valence-electron chi connectivity index (χ0n) is 9.83. The Morgan fingerprint density at radius 1 is 1.53 bits per heavy atom. The molecule has 5 nitrogen and oxygen atoms in total. The van der Waals surface area contributed by atoms with E-state index in [1.807, 2.05) is 0 Å². The van der Waals surface area contributed by atoms with Crippen LogP contribution in [0.5, 0.6) is 0 Å². The first-order valence-electron chi connectivity index (χ1n) is 5.69. The molecule has 1 aromatic rings. The predicted octanol–water partition coefficient (Wildman–Crippen LogP) is 0.713.